The first-order valence-electron chi connectivity index (χ1n) is 20.9. The Bertz CT molecular complexity index is 2130. The van der Waals surface area contributed by atoms with Crippen molar-refractivity contribution >= 4 is 44.7 Å². The number of fused-ring (bicyclic) bond motifs is 5. The predicted molar refractivity (Wildman–Crippen MR) is 219 cm³/mol. The first-order chi connectivity index (χ1) is 27.7. The first kappa shape index (κ1) is 45.4. The van der Waals surface area contributed by atoms with Gasteiger partial charge < -0.3 is 24.4 Å². The number of aromatic nitrogens is 2. The molecule has 14 nitrogen and oxygen atoms in total. The van der Waals surface area contributed by atoms with Crippen LogP contribution in [0.15, 0.2) is 18.2 Å². The van der Waals surface area contributed by atoms with E-state index in [1.807, 2.05) is 38.5 Å². The molecule has 3 saturated carbocycles. The number of carbonyl (C=O) groups is 4. The minimum absolute atomic E-state index is 0. The third-order valence-electron chi connectivity index (χ3n) is 13.7. The highest BCUT2D eigenvalue weighted by Crippen LogP contribution is 2.53. The molecule has 7 rings (SSSR count). The maximum absolute atomic E-state index is 14.9. The fourth-order valence-electron chi connectivity index (χ4n) is 9.04. The van der Waals surface area contributed by atoms with E-state index in [1.54, 1.807) is 26.2 Å². The zero-order valence-corrected chi connectivity index (χ0v) is 35.8. The van der Waals surface area contributed by atoms with Gasteiger partial charge in [0.15, 0.2) is 0 Å². The average molecular weight is 862 g/mol. The highest BCUT2D eigenvalue weighted by atomic mass is 32.2. The SMILES string of the molecule is C.CC[C@@]12C[C@H]1CCCCCc1nc3ccc(OC)cc3nc1O[C@H]1CN(C(=O)[C@H](C(C)(C)C)CC(=O)O2)[C@H](C(=O)N[C@]2(C(=O)NS(=O)(=O)C3(C)CC3)C[C@H]2C(F)F)[C@@H]1C. The number of hydrogen-bond acceptors (Lipinski definition) is 11. The van der Waals surface area contributed by atoms with Crippen molar-refractivity contribution in [1.82, 2.24) is 24.9 Å². The normalized spacial score (nSPS) is 31.6. The molecule has 0 spiro atoms. The number of rotatable bonds is 8. The van der Waals surface area contributed by atoms with Crippen LogP contribution in [0.1, 0.15) is 119 Å². The van der Waals surface area contributed by atoms with Crippen molar-refractivity contribution in [3.63, 3.8) is 0 Å². The van der Waals surface area contributed by atoms with Crippen molar-refractivity contribution in [2.24, 2.45) is 29.1 Å². The van der Waals surface area contributed by atoms with Gasteiger partial charge in [0, 0.05) is 17.9 Å². The predicted octanol–water partition coefficient (Wildman–Crippen LogP) is 5.89. The topological polar surface area (TPSA) is 183 Å². The lowest BCUT2D eigenvalue weighted by Crippen LogP contribution is -2.59. The Balaban J connectivity index is 0.00000604. The summed E-state index contributed by atoms with van der Waals surface area (Å²) in [5.41, 5.74) is -1.91. The third-order valence-corrected chi connectivity index (χ3v) is 15.9. The molecule has 1 aromatic heterocycles. The van der Waals surface area contributed by atoms with Crippen molar-refractivity contribution in [3.05, 3.63) is 23.9 Å². The number of sulfonamides is 1. The summed E-state index contributed by atoms with van der Waals surface area (Å²) in [5.74, 6) is -5.70. The molecule has 332 valence electrons. The minimum Gasteiger partial charge on any atom is -0.497 e. The van der Waals surface area contributed by atoms with Crippen LogP contribution in [0.5, 0.6) is 11.6 Å². The number of ether oxygens (including phenoxy) is 3. The monoisotopic (exact) mass is 861 g/mol. The van der Waals surface area contributed by atoms with Gasteiger partial charge in [-0.3, -0.25) is 23.9 Å². The maximum Gasteiger partial charge on any atom is 0.307 e. The van der Waals surface area contributed by atoms with Gasteiger partial charge in [0.05, 0.1) is 47.7 Å². The zero-order valence-electron chi connectivity index (χ0n) is 34.9. The standard InChI is InChI=1S/C42H57F2N5O9S.CH4/c1-8-41-20-24(41)12-10-9-11-13-29-36(46-30-18-25(56-7)14-15-28(30)45-29)57-31-22-49(37(52)26(39(3,4)5)19-32(50)58-41)33(23(31)2)35(51)47-42(21-27(42)34(43)44)38(53)48-59(54,55)40(6)16-17-40;/h14-15,18,23-24,26-27,31,33-34H,8-13,16-17,19-22H2,1-7H3,(H,47,51)(H,48,53);1H4/t23-,24-,26-,27+,31+,33+,41-,42-;/m1./s1. The molecule has 4 fully saturated rings. The van der Waals surface area contributed by atoms with Crippen molar-refractivity contribution in [2.45, 2.75) is 154 Å². The van der Waals surface area contributed by atoms with Crippen LogP contribution in [0.2, 0.25) is 0 Å². The molecular formula is C43H61F2N5O9S. The number of alkyl halides is 2. The van der Waals surface area contributed by atoms with Gasteiger partial charge in [0.1, 0.15) is 34.7 Å². The van der Waals surface area contributed by atoms with E-state index in [1.165, 1.54) is 11.8 Å². The molecule has 3 aliphatic carbocycles. The highest BCUT2D eigenvalue weighted by Gasteiger charge is 2.68. The van der Waals surface area contributed by atoms with Gasteiger partial charge in [-0.15, -0.1) is 0 Å². The Morgan fingerprint density at radius 3 is 2.42 bits per heavy atom. The highest BCUT2D eigenvalue weighted by molar-refractivity contribution is 7.91. The second-order valence-electron chi connectivity index (χ2n) is 18.8. The number of benzene rings is 1. The van der Waals surface area contributed by atoms with E-state index in [0.717, 1.165) is 32.1 Å². The smallest absolute Gasteiger partial charge is 0.307 e. The Kier molecular flexibility index (Phi) is 12.3. The number of esters is 1. The number of amides is 3. The minimum atomic E-state index is -4.24. The molecule has 5 aliphatic rings. The molecular weight excluding hydrogens is 801 g/mol. The number of nitrogens with zero attached hydrogens (tertiary/aromatic N) is 3. The number of aryl methyl sites for hydroxylation is 1. The number of nitrogens with one attached hydrogen (secondary N) is 2. The second kappa shape index (κ2) is 16.3. The van der Waals surface area contributed by atoms with Gasteiger partial charge in [0.2, 0.25) is 34.1 Å². The lowest BCUT2D eigenvalue weighted by molar-refractivity contribution is -0.159. The summed E-state index contributed by atoms with van der Waals surface area (Å²) >= 11 is 0. The van der Waals surface area contributed by atoms with Crippen LogP contribution >= 0.6 is 0 Å². The summed E-state index contributed by atoms with van der Waals surface area (Å²) < 4.78 is 73.8. The fourth-order valence-corrected chi connectivity index (χ4v) is 10.3. The first-order valence-corrected chi connectivity index (χ1v) is 22.4. The lowest BCUT2D eigenvalue weighted by atomic mass is 9.77. The number of methoxy groups -OCH3 is 1. The van der Waals surface area contributed by atoms with Crippen molar-refractivity contribution < 1.29 is 50.6 Å². The van der Waals surface area contributed by atoms with E-state index < -0.39 is 97.8 Å². The lowest BCUT2D eigenvalue weighted by Gasteiger charge is -2.35. The fraction of sp³-hybridized carbons (Fsp3) is 0.721. The van der Waals surface area contributed by atoms with Gasteiger partial charge in [-0.1, -0.05) is 54.9 Å². The molecule has 0 unspecified atom stereocenters. The van der Waals surface area contributed by atoms with Crippen molar-refractivity contribution in [2.75, 3.05) is 13.7 Å². The van der Waals surface area contributed by atoms with Gasteiger partial charge in [0.25, 0.3) is 5.91 Å². The summed E-state index contributed by atoms with van der Waals surface area (Å²) in [6, 6.07) is 3.96. The largest absolute Gasteiger partial charge is 0.497 e. The number of carbonyl (C=O) groups excluding carboxylic acids is 4. The molecule has 0 radical (unpaired) electrons. The number of hydrogen-bond donors (Lipinski definition) is 2. The van der Waals surface area contributed by atoms with Crippen LogP contribution in [-0.2, 0) is 40.4 Å². The van der Waals surface area contributed by atoms with E-state index in [0.29, 0.717) is 48.2 Å². The third kappa shape index (κ3) is 8.52. The molecule has 3 amide bonds. The Morgan fingerprint density at radius 2 is 1.80 bits per heavy atom. The Morgan fingerprint density at radius 1 is 1.08 bits per heavy atom. The molecule has 1 saturated heterocycles. The summed E-state index contributed by atoms with van der Waals surface area (Å²) in [7, 11) is -2.70. The molecule has 2 N–H and O–H groups in total. The van der Waals surface area contributed by atoms with Crippen LogP contribution in [0.25, 0.3) is 11.0 Å². The Hall–Kier alpha value is -4.15. The molecule has 3 heterocycles. The molecule has 8 atom stereocenters. The quantitative estimate of drug-likeness (QED) is 0.302. The van der Waals surface area contributed by atoms with Crippen molar-refractivity contribution in [3.8, 4) is 11.6 Å². The van der Waals surface area contributed by atoms with Crippen LogP contribution in [0.4, 0.5) is 8.78 Å². The Labute approximate surface area is 351 Å². The molecule has 2 aromatic rings. The van der Waals surface area contributed by atoms with E-state index in [9.17, 15) is 36.4 Å². The molecule has 2 bridgehead atoms. The van der Waals surface area contributed by atoms with Crippen LogP contribution < -0.4 is 19.5 Å². The van der Waals surface area contributed by atoms with E-state index in [2.05, 4.69) is 5.32 Å². The summed E-state index contributed by atoms with van der Waals surface area (Å²) in [6.07, 6.45) is 1.26. The summed E-state index contributed by atoms with van der Waals surface area (Å²) in [4.78, 5) is 68.1. The molecule has 60 heavy (non-hydrogen) atoms. The molecule has 17 heteroatoms. The van der Waals surface area contributed by atoms with Gasteiger partial charge >= 0.3 is 5.97 Å². The van der Waals surface area contributed by atoms with E-state index in [-0.39, 0.29) is 32.2 Å². The van der Waals surface area contributed by atoms with Gasteiger partial charge in [-0.05, 0) is 75.8 Å². The van der Waals surface area contributed by atoms with Crippen LogP contribution in [0, 0.1) is 29.1 Å². The van der Waals surface area contributed by atoms with Gasteiger partial charge in [-0.2, -0.15) is 0 Å². The average Bonchev–Trinajstić information content (AvgIpc) is 4.12. The molecule has 1 aromatic carbocycles. The number of halogens is 2. The summed E-state index contributed by atoms with van der Waals surface area (Å²) in [5, 5.41) is 2.51. The van der Waals surface area contributed by atoms with E-state index in [4.69, 9.17) is 24.2 Å². The van der Waals surface area contributed by atoms with Crippen LogP contribution in [-0.4, -0.2) is 95.1 Å². The maximum atomic E-state index is 14.9. The molecule has 2 aliphatic heterocycles. The second-order valence-corrected chi connectivity index (χ2v) is 21.0. The van der Waals surface area contributed by atoms with Gasteiger partial charge in [-0.25, -0.2) is 27.2 Å². The van der Waals surface area contributed by atoms with E-state index >= 15 is 0 Å². The van der Waals surface area contributed by atoms with Crippen LogP contribution in [0.3, 0.4) is 0 Å². The zero-order chi connectivity index (χ0) is 42.9. The summed E-state index contributed by atoms with van der Waals surface area (Å²) in [6.45, 7) is 10.4. The van der Waals surface area contributed by atoms with Crippen molar-refractivity contribution in [1.29, 1.82) is 0 Å².